The fourth-order valence-electron chi connectivity index (χ4n) is 3.24. The molecule has 0 spiro atoms. The van der Waals surface area contributed by atoms with Crippen molar-refractivity contribution in [2.45, 2.75) is 26.4 Å². The second-order valence-corrected chi connectivity index (χ2v) is 6.12. The van der Waals surface area contributed by atoms with E-state index in [9.17, 15) is 5.11 Å². The lowest BCUT2D eigenvalue weighted by Gasteiger charge is -2.27. The molecular formula is C21H24O3. The predicted octanol–water partition coefficient (Wildman–Crippen LogP) is 3.83. The molecule has 3 heteroatoms. The predicted molar refractivity (Wildman–Crippen MR) is 96.5 cm³/mol. The summed E-state index contributed by atoms with van der Waals surface area (Å²) in [6, 6.07) is 10.3. The van der Waals surface area contributed by atoms with E-state index in [-0.39, 0.29) is 6.61 Å². The van der Waals surface area contributed by atoms with Gasteiger partial charge in [0.1, 0.15) is 12.4 Å². The van der Waals surface area contributed by atoms with E-state index < -0.39 is 0 Å². The molecule has 0 fully saturated rings. The number of aliphatic hydroxyl groups is 1. The smallest absolute Gasteiger partial charge is 0.123 e. The van der Waals surface area contributed by atoms with E-state index in [1.165, 1.54) is 27.8 Å². The third-order valence-corrected chi connectivity index (χ3v) is 4.49. The maximum Gasteiger partial charge on any atom is 0.123 e. The van der Waals surface area contributed by atoms with Crippen LogP contribution in [0.25, 0.3) is 11.1 Å². The fraction of sp³-hybridized carbons (Fsp3) is 0.333. The molecule has 0 unspecified atom stereocenters. The number of hydrogen-bond donors (Lipinski definition) is 1. The summed E-state index contributed by atoms with van der Waals surface area (Å²) in [7, 11) is 1.68. The number of ether oxygens (including phenoxy) is 2. The molecule has 24 heavy (non-hydrogen) atoms. The van der Waals surface area contributed by atoms with Crippen LogP contribution in [-0.4, -0.2) is 25.4 Å². The van der Waals surface area contributed by atoms with Gasteiger partial charge in [-0.2, -0.15) is 0 Å². The molecule has 2 aromatic carbocycles. The van der Waals surface area contributed by atoms with Crippen molar-refractivity contribution in [3.05, 3.63) is 64.7 Å². The van der Waals surface area contributed by atoms with Crippen molar-refractivity contribution < 1.29 is 14.6 Å². The van der Waals surface area contributed by atoms with Gasteiger partial charge in [-0.1, -0.05) is 24.3 Å². The Kier molecular flexibility index (Phi) is 5.34. The van der Waals surface area contributed by atoms with Gasteiger partial charge in [-0.3, -0.25) is 0 Å². The maximum absolute atomic E-state index is 9.38. The monoisotopic (exact) mass is 324 g/mol. The van der Waals surface area contributed by atoms with Gasteiger partial charge in [0.15, 0.2) is 0 Å². The normalized spacial score (nSPS) is 13.0. The molecule has 0 bridgehead atoms. The van der Waals surface area contributed by atoms with E-state index in [4.69, 9.17) is 9.47 Å². The van der Waals surface area contributed by atoms with Gasteiger partial charge in [0.2, 0.25) is 0 Å². The number of fused-ring (bicyclic) bond motifs is 1. The summed E-state index contributed by atoms with van der Waals surface area (Å²) in [4.78, 5) is 0. The lowest BCUT2D eigenvalue weighted by Crippen LogP contribution is -2.14. The maximum atomic E-state index is 9.38. The lowest BCUT2D eigenvalue weighted by molar-refractivity contribution is 0.233. The van der Waals surface area contributed by atoms with Gasteiger partial charge in [0.05, 0.1) is 13.2 Å². The zero-order chi connectivity index (χ0) is 16.9. The molecular weight excluding hydrogens is 300 g/mol. The van der Waals surface area contributed by atoms with E-state index in [0.29, 0.717) is 13.2 Å². The van der Waals surface area contributed by atoms with E-state index in [2.05, 4.69) is 25.1 Å². The molecule has 0 heterocycles. The van der Waals surface area contributed by atoms with E-state index in [1.54, 1.807) is 7.11 Å². The molecule has 2 aromatic rings. The highest BCUT2D eigenvalue weighted by atomic mass is 16.5. The first-order chi connectivity index (χ1) is 11.7. The van der Waals surface area contributed by atoms with E-state index in [0.717, 1.165) is 24.2 Å². The highest BCUT2D eigenvalue weighted by molar-refractivity contribution is 5.76. The fourth-order valence-corrected chi connectivity index (χ4v) is 3.24. The largest absolute Gasteiger partial charge is 0.489 e. The second kappa shape index (κ2) is 7.65. The van der Waals surface area contributed by atoms with E-state index in [1.807, 2.05) is 24.3 Å². The molecule has 0 aliphatic heterocycles. The van der Waals surface area contributed by atoms with Gasteiger partial charge in [0, 0.05) is 7.11 Å². The molecule has 3 nitrogen and oxygen atoms in total. The van der Waals surface area contributed by atoms with Crippen molar-refractivity contribution in [2.24, 2.45) is 0 Å². The summed E-state index contributed by atoms with van der Waals surface area (Å²) < 4.78 is 10.9. The van der Waals surface area contributed by atoms with Gasteiger partial charge in [-0.05, 0) is 71.4 Å². The molecule has 0 amide bonds. The molecule has 0 radical (unpaired) electrons. The number of benzene rings is 2. The van der Waals surface area contributed by atoms with Crippen molar-refractivity contribution in [2.75, 3.05) is 20.3 Å². The van der Waals surface area contributed by atoms with Crippen molar-refractivity contribution >= 4 is 0 Å². The third kappa shape index (κ3) is 3.37. The van der Waals surface area contributed by atoms with Crippen LogP contribution in [0, 0.1) is 6.92 Å². The summed E-state index contributed by atoms with van der Waals surface area (Å²) >= 11 is 0. The van der Waals surface area contributed by atoms with Gasteiger partial charge in [-0.15, -0.1) is 0 Å². The Bertz CT molecular complexity index is 747. The van der Waals surface area contributed by atoms with Crippen molar-refractivity contribution in [1.29, 1.82) is 0 Å². The number of hydrogen-bond acceptors (Lipinski definition) is 3. The van der Waals surface area contributed by atoms with Crippen LogP contribution < -0.4 is 4.74 Å². The Balaban J connectivity index is 1.87. The molecule has 0 saturated carbocycles. The third-order valence-electron chi connectivity index (χ3n) is 4.49. The molecule has 0 aromatic heterocycles. The topological polar surface area (TPSA) is 38.7 Å². The summed E-state index contributed by atoms with van der Waals surface area (Å²) in [5.41, 5.74) is 7.37. The Morgan fingerprint density at radius 2 is 1.88 bits per heavy atom. The quantitative estimate of drug-likeness (QED) is 0.787. The Morgan fingerprint density at radius 1 is 1.08 bits per heavy atom. The first kappa shape index (κ1) is 16.7. The SMILES string of the molecule is COC/C=C/COc1cc(C)c(-c2cccc(CO)c2)c2c1CC2. The van der Waals surface area contributed by atoms with Crippen LogP contribution >= 0.6 is 0 Å². The molecule has 126 valence electrons. The Hall–Kier alpha value is -2.10. The molecule has 3 rings (SSSR count). The number of methoxy groups -OCH3 is 1. The van der Waals surface area contributed by atoms with Crippen LogP contribution in [0.15, 0.2) is 42.5 Å². The van der Waals surface area contributed by atoms with Gasteiger partial charge in [0.25, 0.3) is 0 Å². The van der Waals surface area contributed by atoms with Gasteiger partial charge >= 0.3 is 0 Å². The zero-order valence-corrected chi connectivity index (χ0v) is 14.3. The average molecular weight is 324 g/mol. The molecule has 1 N–H and O–H groups in total. The minimum Gasteiger partial charge on any atom is -0.489 e. The number of aliphatic hydroxyl groups excluding tert-OH is 1. The van der Waals surface area contributed by atoms with Crippen LogP contribution in [0.2, 0.25) is 0 Å². The highest BCUT2D eigenvalue weighted by Gasteiger charge is 2.24. The van der Waals surface area contributed by atoms with E-state index >= 15 is 0 Å². The van der Waals surface area contributed by atoms with Crippen molar-refractivity contribution in [3.8, 4) is 16.9 Å². The van der Waals surface area contributed by atoms with Crippen LogP contribution in [0.5, 0.6) is 5.75 Å². The summed E-state index contributed by atoms with van der Waals surface area (Å²) in [6.07, 6.45) is 6.11. The number of aryl methyl sites for hydroxylation is 1. The first-order valence-corrected chi connectivity index (χ1v) is 8.37. The summed E-state index contributed by atoms with van der Waals surface area (Å²) in [6.45, 7) is 3.38. The van der Waals surface area contributed by atoms with Crippen molar-refractivity contribution in [1.82, 2.24) is 0 Å². The average Bonchev–Trinajstić information content (AvgIpc) is 2.57. The highest BCUT2D eigenvalue weighted by Crippen LogP contribution is 2.42. The molecule has 1 aliphatic rings. The molecule has 1 aliphatic carbocycles. The van der Waals surface area contributed by atoms with Crippen molar-refractivity contribution in [3.63, 3.8) is 0 Å². The lowest BCUT2D eigenvalue weighted by atomic mass is 9.79. The minimum absolute atomic E-state index is 0.0735. The summed E-state index contributed by atoms with van der Waals surface area (Å²) in [5, 5.41) is 9.38. The first-order valence-electron chi connectivity index (χ1n) is 8.37. The minimum atomic E-state index is 0.0735. The molecule has 0 saturated heterocycles. The molecule has 0 atom stereocenters. The van der Waals surface area contributed by atoms with Crippen LogP contribution in [0.4, 0.5) is 0 Å². The number of rotatable bonds is 7. The Labute approximate surface area is 143 Å². The van der Waals surface area contributed by atoms with Gasteiger partial charge < -0.3 is 14.6 Å². The van der Waals surface area contributed by atoms with Crippen LogP contribution in [0.3, 0.4) is 0 Å². The van der Waals surface area contributed by atoms with Gasteiger partial charge in [-0.25, -0.2) is 0 Å². The Morgan fingerprint density at radius 3 is 2.58 bits per heavy atom. The van der Waals surface area contributed by atoms with Crippen LogP contribution in [-0.2, 0) is 24.2 Å². The van der Waals surface area contributed by atoms with Crippen LogP contribution in [0.1, 0.15) is 22.3 Å². The second-order valence-electron chi connectivity index (χ2n) is 6.12. The summed E-state index contributed by atoms with van der Waals surface area (Å²) in [5.74, 6) is 0.998. The zero-order valence-electron chi connectivity index (χ0n) is 14.3. The standard InChI is InChI=1S/C21H24O3/c1-15-12-20(24-11-4-3-10-23-2)18-8-9-19(18)21(15)17-7-5-6-16(13-17)14-22/h3-7,12-13,22H,8-11,14H2,1-2H3/b4-3+.